The number of benzene rings is 2. The standard InChI is InChI=1S/C22H22FN3O3S/c1-3-29-18-7-5-4-6-17(18)26-21(28)20(27)24-13-12-19-14(2)25-22(30-19)15-8-10-16(23)11-9-15/h4-11H,3,12-13H2,1-2H3,(H,24,27)(H,26,28). The molecule has 0 spiro atoms. The van der Waals surface area contributed by atoms with E-state index < -0.39 is 11.8 Å². The zero-order valence-electron chi connectivity index (χ0n) is 16.7. The van der Waals surface area contributed by atoms with E-state index in [1.165, 1.54) is 23.5 Å². The Morgan fingerprint density at radius 1 is 1.10 bits per heavy atom. The van der Waals surface area contributed by atoms with Crippen LogP contribution in [-0.2, 0) is 16.0 Å². The minimum atomic E-state index is -0.754. The van der Waals surface area contributed by atoms with Crippen molar-refractivity contribution >= 4 is 28.8 Å². The fourth-order valence-corrected chi connectivity index (χ4v) is 3.84. The SMILES string of the molecule is CCOc1ccccc1NC(=O)C(=O)NCCc1sc(-c2ccc(F)cc2)nc1C. The Hall–Kier alpha value is -3.26. The summed E-state index contributed by atoms with van der Waals surface area (Å²) in [7, 11) is 0. The molecule has 0 aliphatic carbocycles. The molecule has 2 N–H and O–H groups in total. The van der Waals surface area contributed by atoms with Gasteiger partial charge < -0.3 is 15.4 Å². The van der Waals surface area contributed by atoms with Crippen molar-refractivity contribution in [1.29, 1.82) is 0 Å². The highest BCUT2D eigenvalue weighted by Crippen LogP contribution is 2.28. The molecule has 0 aliphatic heterocycles. The Labute approximate surface area is 178 Å². The van der Waals surface area contributed by atoms with E-state index in [0.717, 1.165) is 21.1 Å². The lowest BCUT2D eigenvalue weighted by Crippen LogP contribution is -2.36. The van der Waals surface area contributed by atoms with Crippen LogP contribution in [0.5, 0.6) is 5.75 Å². The van der Waals surface area contributed by atoms with Crippen molar-refractivity contribution in [2.75, 3.05) is 18.5 Å². The number of para-hydroxylation sites is 2. The fraction of sp³-hybridized carbons (Fsp3) is 0.227. The van der Waals surface area contributed by atoms with Crippen LogP contribution in [0, 0.1) is 12.7 Å². The van der Waals surface area contributed by atoms with Crippen LogP contribution in [0.4, 0.5) is 10.1 Å². The van der Waals surface area contributed by atoms with Crippen LogP contribution in [-0.4, -0.2) is 29.9 Å². The second-order valence-electron chi connectivity index (χ2n) is 6.42. The van der Waals surface area contributed by atoms with Crippen LogP contribution in [0.1, 0.15) is 17.5 Å². The first kappa shape index (κ1) is 21.4. The zero-order chi connectivity index (χ0) is 21.5. The van der Waals surface area contributed by atoms with Crippen molar-refractivity contribution in [2.45, 2.75) is 20.3 Å². The Balaban J connectivity index is 1.54. The Bertz CT molecular complexity index is 1030. The molecule has 3 aromatic rings. The first-order chi connectivity index (χ1) is 14.5. The number of ether oxygens (including phenoxy) is 1. The molecule has 3 rings (SSSR count). The molecule has 0 saturated carbocycles. The second-order valence-corrected chi connectivity index (χ2v) is 7.51. The van der Waals surface area contributed by atoms with E-state index >= 15 is 0 Å². The first-order valence-electron chi connectivity index (χ1n) is 9.51. The summed E-state index contributed by atoms with van der Waals surface area (Å²) in [5, 5.41) is 5.98. The lowest BCUT2D eigenvalue weighted by molar-refractivity contribution is -0.136. The van der Waals surface area contributed by atoms with Gasteiger partial charge in [-0.1, -0.05) is 12.1 Å². The fourth-order valence-electron chi connectivity index (χ4n) is 2.78. The molecule has 2 amide bonds. The van der Waals surface area contributed by atoms with E-state index in [-0.39, 0.29) is 5.82 Å². The maximum atomic E-state index is 13.1. The lowest BCUT2D eigenvalue weighted by Gasteiger charge is -2.11. The summed E-state index contributed by atoms with van der Waals surface area (Å²) < 4.78 is 18.5. The van der Waals surface area contributed by atoms with Gasteiger partial charge in [-0.25, -0.2) is 9.37 Å². The number of halogens is 1. The molecular weight excluding hydrogens is 405 g/mol. The summed E-state index contributed by atoms with van der Waals surface area (Å²) in [6, 6.07) is 13.1. The van der Waals surface area contributed by atoms with Gasteiger partial charge in [-0.2, -0.15) is 0 Å². The minimum Gasteiger partial charge on any atom is -0.492 e. The van der Waals surface area contributed by atoms with Gasteiger partial charge in [-0.15, -0.1) is 11.3 Å². The first-order valence-corrected chi connectivity index (χ1v) is 10.3. The van der Waals surface area contributed by atoms with Gasteiger partial charge in [-0.3, -0.25) is 9.59 Å². The highest BCUT2D eigenvalue weighted by atomic mass is 32.1. The number of carbonyl (C=O) groups is 2. The Morgan fingerprint density at radius 2 is 1.83 bits per heavy atom. The predicted octanol–water partition coefficient (Wildman–Crippen LogP) is 3.95. The molecule has 2 aromatic carbocycles. The van der Waals surface area contributed by atoms with Crippen molar-refractivity contribution in [2.24, 2.45) is 0 Å². The zero-order valence-corrected chi connectivity index (χ0v) is 17.5. The predicted molar refractivity (Wildman–Crippen MR) is 115 cm³/mol. The van der Waals surface area contributed by atoms with Crippen LogP contribution in [0.2, 0.25) is 0 Å². The number of aryl methyl sites for hydroxylation is 1. The van der Waals surface area contributed by atoms with E-state index in [4.69, 9.17) is 4.74 Å². The van der Waals surface area contributed by atoms with Crippen LogP contribution in [0.25, 0.3) is 10.6 Å². The largest absolute Gasteiger partial charge is 0.492 e. The number of aromatic nitrogens is 1. The third-order valence-corrected chi connectivity index (χ3v) is 5.53. The van der Waals surface area contributed by atoms with E-state index in [0.29, 0.717) is 31.0 Å². The number of carbonyl (C=O) groups excluding carboxylic acids is 2. The normalized spacial score (nSPS) is 10.5. The summed E-state index contributed by atoms with van der Waals surface area (Å²) >= 11 is 1.49. The topological polar surface area (TPSA) is 80.3 Å². The monoisotopic (exact) mass is 427 g/mol. The summed E-state index contributed by atoms with van der Waals surface area (Å²) in [6.45, 7) is 4.48. The number of hydrogen-bond acceptors (Lipinski definition) is 5. The van der Waals surface area contributed by atoms with Gasteiger partial charge >= 0.3 is 11.8 Å². The number of nitrogens with zero attached hydrogens (tertiary/aromatic N) is 1. The van der Waals surface area contributed by atoms with Gasteiger partial charge in [0.2, 0.25) is 0 Å². The van der Waals surface area contributed by atoms with Crippen LogP contribution >= 0.6 is 11.3 Å². The molecule has 0 saturated heterocycles. The van der Waals surface area contributed by atoms with E-state index in [1.54, 1.807) is 36.4 Å². The molecule has 1 heterocycles. The van der Waals surface area contributed by atoms with Gasteiger partial charge in [0.05, 0.1) is 18.0 Å². The summed E-state index contributed by atoms with van der Waals surface area (Å²) in [5.74, 6) is -1.26. The van der Waals surface area contributed by atoms with Crippen molar-refractivity contribution in [3.63, 3.8) is 0 Å². The second kappa shape index (κ2) is 9.98. The van der Waals surface area contributed by atoms with Gasteiger partial charge in [0, 0.05) is 23.4 Å². The highest BCUT2D eigenvalue weighted by molar-refractivity contribution is 7.15. The van der Waals surface area contributed by atoms with E-state index in [1.807, 2.05) is 13.8 Å². The molecule has 156 valence electrons. The molecule has 30 heavy (non-hydrogen) atoms. The molecule has 0 fully saturated rings. The molecule has 0 aliphatic rings. The number of anilines is 1. The number of rotatable bonds is 7. The van der Waals surface area contributed by atoms with Gasteiger partial charge in [0.25, 0.3) is 0 Å². The molecule has 8 heteroatoms. The van der Waals surface area contributed by atoms with E-state index in [9.17, 15) is 14.0 Å². The summed E-state index contributed by atoms with van der Waals surface area (Å²) in [4.78, 5) is 29.8. The van der Waals surface area contributed by atoms with Crippen molar-refractivity contribution in [1.82, 2.24) is 10.3 Å². The maximum absolute atomic E-state index is 13.1. The molecule has 1 aromatic heterocycles. The number of thiazole rings is 1. The average Bonchev–Trinajstić information content (AvgIpc) is 3.10. The summed E-state index contributed by atoms with van der Waals surface area (Å²) in [5.41, 5.74) is 2.14. The van der Waals surface area contributed by atoms with Gasteiger partial charge in [0.1, 0.15) is 16.6 Å². The third-order valence-electron chi connectivity index (χ3n) is 4.26. The van der Waals surface area contributed by atoms with Gasteiger partial charge in [0.15, 0.2) is 0 Å². The molecule has 0 radical (unpaired) electrons. The third kappa shape index (κ3) is 5.42. The Morgan fingerprint density at radius 3 is 2.57 bits per heavy atom. The van der Waals surface area contributed by atoms with E-state index in [2.05, 4.69) is 15.6 Å². The molecule has 0 bridgehead atoms. The maximum Gasteiger partial charge on any atom is 0.313 e. The summed E-state index contributed by atoms with van der Waals surface area (Å²) in [6.07, 6.45) is 0.541. The molecule has 0 atom stereocenters. The minimum absolute atomic E-state index is 0.294. The quantitative estimate of drug-likeness (QED) is 0.560. The highest BCUT2D eigenvalue weighted by Gasteiger charge is 2.16. The van der Waals surface area contributed by atoms with Crippen LogP contribution < -0.4 is 15.4 Å². The molecule has 0 unspecified atom stereocenters. The molecule has 6 nitrogen and oxygen atoms in total. The van der Waals surface area contributed by atoms with Crippen molar-refractivity contribution < 1.29 is 18.7 Å². The van der Waals surface area contributed by atoms with Crippen LogP contribution in [0.3, 0.4) is 0 Å². The van der Waals surface area contributed by atoms with Gasteiger partial charge in [-0.05, 0) is 50.2 Å². The molecular formula is C22H22FN3O3S. The number of hydrogen-bond donors (Lipinski definition) is 2. The smallest absolute Gasteiger partial charge is 0.313 e. The number of amides is 2. The van der Waals surface area contributed by atoms with Crippen LogP contribution in [0.15, 0.2) is 48.5 Å². The lowest BCUT2D eigenvalue weighted by atomic mass is 10.2. The Kier molecular flexibility index (Phi) is 7.13. The average molecular weight is 428 g/mol. The van der Waals surface area contributed by atoms with Crippen molar-refractivity contribution in [3.8, 4) is 16.3 Å². The number of nitrogens with one attached hydrogen (secondary N) is 2. The van der Waals surface area contributed by atoms with Crippen molar-refractivity contribution in [3.05, 3.63) is 64.9 Å².